The zero-order valence-electron chi connectivity index (χ0n) is 15.5. The molecule has 0 bridgehead atoms. The SMILES string of the molecule is O=C(COc1ccc(Br)cc1)Oc1ccccc1C(=O)OCCc1ccccc1. The van der Waals surface area contributed by atoms with E-state index < -0.39 is 11.9 Å². The normalized spacial score (nSPS) is 10.2. The van der Waals surface area contributed by atoms with Gasteiger partial charge in [0.15, 0.2) is 6.61 Å². The minimum absolute atomic E-state index is 0.140. The Morgan fingerprint density at radius 3 is 2.28 bits per heavy atom. The monoisotopic (exact) mass is 454 g/mol. The van der Waals surface area contributed by atoms with Crippen molar-refractivity contribution in [3.05, 3.63) is 94.5 Å². The first-order valence-electron chi connectivity index (χ1n) is 9.01. The summed E-state index contributed by atoms with van der Waals surface area (Å²) in [4.78, 5) is 24.5. The van der Waals surface area contributed by atoms with Crippen LogP contribution in [0, 0.1) is 0 Å². The summed E-state index contributed by atoms with van der Waals surface area (Å²) in [5.74, 6) is -0.476. The quantitative estimate of drug-likeness (QED) is 0.360. The Balaban J connectivity index is 1.54. The van der Waals surface area contributed by atoms with Gasteiger partial charge in [0.25, 0.3) is 0 Å². The van der Waals surface area contributed by atoms with Crippen LogP contribution in [-0.4, -0.2) is 25.2 Å². The fourth-order valence-corrected chi connectivity index (χ4v) is 2.80. The van der Waals surface area contributed by atoms with Gasteiger partial charge in [-0.3, -0.25) is 0 Å². The molecule has 0 N–H and O–H groups in total. The lowest BCUT2D eigenvalue weighted by Gasteiger charge is -2.11. The Kier molecular flexibility index (Phi) is 7.41. The van der Waals surface area contributed by atoms with E-state index in [9.17, 15) is 9.59 Å². The maximum atomic E-state index is 12.4. The molecule has 0 spiro atoms. The summed E-state index contributed by atoms with van der Waals surface area (Å²) in [5.41, 5.74) is 1.27. The van der Waals surface area contributed by atoms with Crippen LogP contribution in [0.2, 0.25) is 0 Å². The molecule has 0 aliphatic carbocycles. The van der Waals surface area contributed by atoms with Gasteiger partial charge in [-0.2, -0.15) is 0 Å². The summed E-state index contributed by atoms with van der Waals surface area (Å²) in [6.45, 7) is -0.0448. The van der Waals surface area contributed by atoms with Gasteiger partial charge in [0.1, 0.15) is 17.1 Å². The van der Waals surface area contributed by atoms with Crippen molar-refractivity contribution in [2.75, 3.05) is 13.2 Å². The minimum Gasteiger partial charge on any atom is -0.482 e. The molecule has 148 valence electrons. The van der Waals surface area contributed by atoms with E-state index in [0.29, 0.717) is 12.2 Å². The van der Waals surface area contributed by atoms with Crippen molar-refractivity contribution in [3.8, 4) is 11.5 Å². The number of ether oxygens (including phenoxy) is 3. The molecule has 0 fully saturated rings. The van der Waals surface area contributed by atoms with E-state index in [2.05, 4.69) is 15.9 Å². The number of esters is 2. The highest BCUT2D eigenvalue weighted by Gasteiger charge is 2.16. The topological polar surface area (TPSA) is 61.8 Å². The smallest absolute Gasteiger partial charge is 0.349 e. The van der Waals surface area contributed by atoms with Crippen molar-refractivity contribution in [2.24, 2.45) is 0 Å². The van der Waals surface area contributed by atoms with Gasteiger partial charge in [0.05, 0.1) is 6.61 Å². The first kappa shape index (κ1) is 20.6. The number of carbonyl (C=O) groups excluding carboxylic acids is 2. The van der Waals surface area contributed by atoms with Gasteiger partial charge >= 0.3 is 11.9 Å². The molecule has 0 atom stereocenters. The number of benzene rings is 3. The van der Waals surface area contributed by atoms with Gasteiger partial charge in [-0.1, -0.05) is 58.4 Å². The predicted molar refractivity (Wildman–Crippen MR) is 112 cm³/mol. The van der Waals surface area contributed by atoms with E-state index >= 15 is 0 Å². The minimum atomic E-state index is -0.613. The molecular weight excluding hydrogens is 436 g/mol. The number of rotatable bonds is 8. The maximum absolute atomic E-state index is 12.4. The maximum Gasteiger partial charge on any atom is 0.349 e. The van der Waals surface area contributed by atoms with Crippen LogP contribution in [0.3, 0.4) is 0 Å². The highest BCUT2D eigenvalue weighted by Crippen LogP contribution is 2.20. The lowest BCUT2D eigenvalue weighted by atomic mass is 10.2. The zero-order chi connectivity index (χ0) is 20.5. The van der Waals surface area contributed by atoms with Gasteiger partial charge in [0, 0.05) is 10.9 Å². The van der Waals surface area contributed by atoms with Crippen molar-refractivity contribution in [1.29, 1.82) is 0 Å². The molecule has 0 heterocycles. The van der Waals surface area contributed by atoms with Crippen LogP contribution < -0.4 is 9.47 Å². The summed E-state index contributed by atoms with van der Waals surface area (Å²) < 4.78 is 16.9. The average Bonchev–Trinajstić information content (AvgIpc) is 2.74. The Bertz CT molecular complexity index is 955. The largest absolute Gasteiger partial charge is 0.482 e. The summed E-state index contributed by atoms with van der Waals surface area (Å²) in [7, 11) is 0. The Morgan fingerprint density at radius 1 is 0.828 bits per heavy atom. The highest BCUT2D eigenvalue weighted by atomic mass is 79.9. The van der Waals surface area contributed by atoms with Gasteiger partial charge in [-0.05, 0) is 42.0 Å². The van der Waals surface area contributed by atoms with Crippen LogP contribution in [0.1, 0.15) is 15.9 Å². The second-order valence-corrected chi connectivity index (χ2v) is 7.00. The molecule has 0 unspecified atom stereocenters. The molecule has 6 heteroatoms. The summed E-state index contributed by atoms with van der Waals surface area (Å²) >= 11 is 3.33. The van der Waals surface area contributed by atoms with Gasteiger partial charge in [0.2, 0.25) is 0 Å². The standard InChI is InChI=1S/C23H19BrO5/c24-18-10-12-19(13-11-18)28-16-22(25)29-21-9-5-4-8-20(21)23(26)27-15-14-17-6-2-1-3-7-17/h1-13H,14-16H2. The third kappa shape index (κ3) is 6.47. The molecule has 5 nitrogen and oxygen atoms in total. The predicted octanol–water partition coefficient (Wildman–Crippen LogP) is 4.83. The summed E-state index contributed by atoms with van der Waals surface area (Å²) in [6.07, 6.45) is 0.607. The van der Waals surface area contributed by atoms with Crippen LogP contribution in [-0.2, 0) is 16.0 Å². The molecule has 0 saturated carbocycles. The molecule has 0 amide bonds. The van der Waals surface area contributed by atoms with E-state index in [1.54, 1.807) is 48.5 Å². The van der Waals surface area contributed by atoms with Gasteiger partial charge in [-0.25, -0.2) is 9.59 Å². The number of halogens is 1. The lowest BCUT2D eigenvalue weighted by Crippen LogP contribution is -2.19. The van der Waals surface area contributed by atoms with E-state index in [-0.39, 0.29) is 24.5 Å². The van der Waals surface area contributed by atoms with Crippen LogP contribution in [0.5, 0.6) is 11.5 Å². The summed E-state index contributed by atoms with van der Waals surface area (Å²) in [6, 6.07) is 23.3. The highest BCUT2D eigenvalue weighted by molar-refractivity contribution is 9.10. The third-order valence-electron chi connectivity index (χ3n) is 3.97. The lowest BCUT2D eigenvalue weighted by molar-refractivity contribution is -0.136. The second kappa shape index (κ2) is 10.4. The molecule has 0 aliphatic rings. The van der Waals surface area contributed by atoms with Gasteiger partial charge in [-0.15, -0.1) is 0 Å². The summed E-state index contributed by atoms with van der Waals surface area (Å²) in [5, 5.41) is 0. The fourth-order valence-electron chi connectivity index (χ4n) is 2.53. The van der Waals surface area contributed by atoms with Gasteiger partial charge < -0.3 is 14.2 Å². The molecule has 29 heavy (non-hydrogen) atoms. The molecule has 3 aromatic carbocycles. The van der Waals surface area contributed by atoms with Crippen molar-refractivity contribution in [1.82, 2.24) is 0 Å². The Hall–Kier alpha value is -3.12. The van der Waals surface area contributed by atoms with E-state index in [0.717, 1.165) is 10.0 Å². The van der Waals surface area contributed by atoms with Crippen LogP contribution >= 0.6 is 15.9 Å². The van der Waals surface area contributed by atoms with Crippen molar-refractivity contribution < 1.29 is 23.8 Å². The van der Waals surface area contributed by atoms with Crippen molar-refractivity contribution in [3.63, 3.8) is 0 Å². The first-order valence-corrected chi connectivity index (χ1v) is 9.80. The second-order valence-electron chi connectivity index (χ2n) is 6.08. The molecule has 0 aromatic heterocycles. The molecule has 3 rings (SSSR count). The molecule has 0 aliphatic heterocycles. The first-order chi connectivity index (χ1) is 14.1. The van der Waals surface area contributed by atoms with Crippen LogP contribution in [0.25, 0.3) is 0 Å². The number of hydrogen-bond acceptors (Lipinski definition) is 5. The number of para-hydroxylation sites is 1. The average molecular weight is 455 g/mol. The molecular formula is C23H19BrO5. The van der Waals surface area contributed by atoms with E-state index in [4.69, 9.17) is 14.2 Å². The molecule has 0 radical (unpaired) electrons. The molecule has 0 saturated heterocycles. The van der Waals surface area contributed by atoms with E-state index in [1.807, 2.05) is 30.3 Å². The van der Waals surface area contributed by atoms with Crippen LogP contribution in [0.15, 0.2) is 83.3 Å². The van der Waals surface area contributed by atoms with Crippen molar-refractivity contribution in [2.45, 2.75) is 6.42 Å². The Morgan fingerprint density at radius 2 is 1.52 bits per heavy atom. The zero-order valence-corrected chi connectivity index (χ0v) is 17.1. The third-order valence-corrected chi connectivity index (χ3v) is 4.50. The number of carbonyl (C=O) groups is 2. The van der Waals surface area contributed by atoms with E-state index in [1.165, 1.54) is 0 Å². The van der Waals surface area contributed by atoms with Crippen molar-refractivity contribution >= 4 is 27.9 Å². The molecule has 3 aromatic rings. The Labute approximate surface area is 177 Å². The van der Waals surface area contributed by atoms with Crippen LogP contribution in [0.4, 0.5) is 0 Å². The number of hydrogen-bond donors (Lipinski definition) is 0. The fraction of sp³-hybridized carbons (Fsp3) is 0.130.